The molecule has 0 aromatic carbocycles. The first kappa shape index (κ1) is 9.14. The van der Waals surface area contributed by atoms with Crippen molar-refractivity contribution in [2.45, 2.75) is 26.3 Å². The molecular weight excluding hydrogens is 126 g/mol. The summed E-state index contributed by atoms with van der Waals surface area (Å²) in [5, 5.41) is 5.50. The van der Waals surface area contributed by atoms with Crippen LogP contribution in [0.1, 0.15) is 20.8 Å². The van der Waals surface area contributed by atoms with Gasteiger partial charge in [0.15, 0.2) is 0 Å². The standard InChI is InChI=1S/C7H15N3/c1-7(2,3)10(9-5)6-8-4/h6H,5H2,1-4H3. The maximum Gasteiger partial charge on any atom is 0.106 e. The number of nitrogens with zero attached hydrogens (tertiary/aromatic N) is 3. The first-order chi connectivity index (χ1) is 4.52. The highest BCUT2D eigenvalue weighted by Crippen LogP contribution is 2.09. The lowest BCUT2D eigenvalue weighted by Crippen LogP contribution is -2.35. The second kappa shape index (κ2) is 3.34. The molecule has 0 spiro atoms. The summed E-state index contributed by atoms with van der Waals surface area (Å²) in [5.41, 5.74) is -0.0265. The predicted octanol–water partition coefficient (Wildman–Crippen LogP) is 1.36. The molecule has 0 rings (SSSR count). The summed E-state index contributed by atoms with van der Waals surface area (Å²) in [4.78, 5) is 3.84. The predicted molar refractivity (Wildman–Crippen MR) is 45.6 cm³/mol. The zero-order chi connectivity index (χ0) is 8.20. The smallest absolute Gasteiger partial charge is 0.106 e. The van der Waals surface area contributed by atoms with Crippen LogP contribution in [-0.4, -0.2) is 30.7 Å². The average molecular weight is 141 g/mol. The average Bonchev–Trinajstić information content (AvgIpc) is 1.80. The molecule has 0 fully saturated rings. The van der Waals surface area contributed by atoms with Crippen LogP contribution in [0.5, 0.6) is 0 Å². The van der Waals surface area contributed by atoms with Gasteiger partial charge in [0.25, 0.3) is 0 Å². The van der Waals surface area contributed by atoms with E-state index in [0.717, 1.165) is 0 Å². The van der Waals surface area contributed by atoms with E-state index in [1.165, 1.54) is 0 Å². The molecule has 3 heteroatoms. The van der Waals surface area contributed by atoms with E-state index in [9.17, 15) is 0 Å². The maximum absolute atomic E-state index is 3.84. The molecule has 0 N–H and O–H groups in total. The van der Waals surface area contributed by atoms with Crippen LogP contribution in [0.4, 0.5) is 0 Å². The van der Waals surface area contributed by atoms with Crippen molar-refractivity contribution in [1.29, 1.82) is 0 Å². The van der Waals surface area contributed by atoms with E-state index in [4.69, 9.17) is 0 Å². The van der Waals surface area contributed by atoms with Crippen LogP contribution in [-0.2, 0) is 0 Å². The molecule has 0 aliphatic heterocycles. The Kier molecular flexibility index (Phi) is 3.06. The summed E-state index contributed by atoms with van der Waals surface area (Å²) >= 11 is 0. The Labute approximate surface area is 62.4 Å². The molecule has 0 aromatic heterocycles. The number of aliphatic imine (C=N–C) groups is 1. The third kappa shape index (κ3) is 2.62. The van der Waals surface area contributed by atoms with Gasteiger partial charge >= 0.3 is 0 Å². The third-order valence-electron chi connectivity index (χ3n) is 1.06. The molecule has 0 aliphatic carbocycles. The SMILES string of the molecule is C=NN(C=NC)C(C)(C)C. The lowest BCUT2D eigenvalue weighted by atomic mass is 10.1. The Bertz CT molecular complexity index is 132. The van der Waals surface area contributed by atoms with Crippen molar-refractivity contribution < 1.29 is 0 Å². The summed E-state index contributed by atoms with van der Waals surface area (Å²) in [5.74, 6) is 0. The van der Waals surface area contributed by atoms with Crippen LogP contribution in [0.2, 0.25) is 0 Å². The minimum absolute atomic E-state index is 0.0265. The van der Waals surface area contributed by atoms with Crippen molar-refractivity contribution in [2.75, 3.05) is 7.05 Å². The molecule has 0 aromatic rings. The Hall–Kier alpha value is -0.860. The number of hydrogen-bond acceptors (Lipinski definition) is 2. The van der Waals surface area contributed by atoms with Crippen LogP contribution in [0.3, 0.4) is 0 Å². The third-order valence-corrected chi connectivity index (χ3v) is 1.06. The molecule has 0 radical (unpaired) electrons. The van der Waals surface area contributed by atoms with Crippen LogP contribution < -0.4 is 0 Å². The van der Waals surface area contributed by atoms with E-state index in [1.807, 2.05) is 20.8 Å². The molecule has 0 bridgehead atoms. The topological polar surface area (TPSA) is 28.0 Å². The molecule has 3 nitrogen and oxygen atoms in total. The summed E-state index contributed by atoms with van der Waals surface area (Å²) in [7, 11) is 1.71. The molecule has 0 unspecified atom stereocenters. The fraction of sp³-hybridized carbons (Fsp3) is 0.714. The van der Waals surface area contributed by atoms with E-state index in [1.54, 1.807) is 18.4 Å². The second-order valence-electron chi connectivity index (χ2n) is 3.03. The van der Waals surface area contributed by atoms with E-state index >= 15 is 0 Å². The van der Waals surface area contributed by atoms with Crippen molar-refractivity contribution in [2.24, 2.45) is 10.1 Å². The first-order valence-electron chi connectivity index (χ1n) is 3.20. The van der Waals surface area contributed by atoms with Gasteiger partial charge in [-0.25, -0.2) is 0 Å². The highest BCUT2D eigenvalue weighted by molar-refractivity contribution is 5.56. The van der Waals surface area contributed by atoms with Gasteiger partial charge in [0, 0.05) is 13.8 Å². The Morgan fingerprint density at radius 1 is 1.40 bits per heavy atom. The summed E-state index contributed by atoms with van der Waals surface area (Å²) in [6.45, 7) is 9.57. The number of hydrazone groups is 1. The lowest BCUT2D eigenvalue weighted by molar-refractivity contribution is 0.257. The molecule has 0 saturated heterocycles. The second-order valence-corrected chi connectivity index (χ2v) is 3.03. The van der Waals surface area contributed by atoms with Gasteiger partial charge in [0.05, 0.1) is 5.54 Å². The van der Waals surface area contributed by atoms with Gasteiger partial charge in [-0.2, -0.15) is 5.10 Å². The quantitative estimate of drug-likeness (QED) is 0.324. The highest BCUT2D eigenvalue weighted by atomic mass is 15.5. The lowest BCUT2D eigenvalue weighted by Gasteiger charge is -2.28. The Morgan fingerprint density at radius 2 is 1.90 bits per heavy atom. The van der Waals surface area contributed by atoms with Crippen LogP contribution >= 0.6 is 0 Å². The molecule has 0 aliphatic rings. The van der Waals surface area contributed by atoms with Crippen LogP contribution in [0.25, 0.3) is 0 Å². The minimum Gasteiger partial charge on any atom is -0.277 e. The fourth-order valence-corrected chi connectivity index (χ4v) is 0.531. The van der Waals surface area contributed by atoms with E-state index in [2.05, 4.69) is 16.8 Å². The molecular formula is C7H15N3. The van der Waals surface area contributed by atoms with Crippen molar-refractivity contribution in [3.8, 4) is 0 Å². The first-order valence-corrected chi connectivity index (χ1v) is 3.20. The Morgan fingerprint density at radius 3 is 2.00 bits per heavy atom. The minimum atomic E-state index is -0.0265. The van der Waals surface area contributed by atoms with Gasteiger partial charge in [-0.05, 0) is 20.8 Å². The van der Waals surface area contributed by atoms with Gasteiger partial charge in [0.2, 0.25) is 0 Å². The Balaban J connectivity index is 4.21. The van der Waals surface area contributed by atoms with E-state index < -0.39 is 0 Å². The summed E-state index contributed by atoms with van der Waals surface area (Å²) in [6, 6.07) is 0. The van der Waals surface area contributed by atoms with Crippen molar-refractivity contribution >= 4 is 13.1 Å². The molecule has 0 saturated carbocycles. The highest BCUT2D eigenvalue weighted by Gasteiger charge is 2.16. The molecule has 58 valence electrons. The molecule has 0 amide bonds. The molecule has 0 atom stereocenters. The van der Waals surface area contributed by atoms with E-state index in [0.29, 0.717) is 0 Å². The van der Waals surface area contributed by atoms with Crippen LogP contribution in [0.15, 0.2) is 10.1 Å². The van der Waals surface area contributed by atoms with Gasteiger partial charge in [-0.15, -0.1) is 0 Å². The van der Waals surface area contributed by atoms with Gasteiger partial charge in [-0.1, -0.05) is 0 Å². The van der Waals surface area contributed by atoms with Gasteiger partial charge < -0.3 is 0 Å². The van der Waals surface area contributed by atoms with Gasteiger partial charge in [-0.3, -0.25) is 10.0 Å². The zero-order valence-electron chi connectivity index (χ0n) is 7.13. The largest absolute Gasteiger partial charge is 0.277 e. The normalized spacial score (nSPS) is 12.0. The molecule has 0 heterocycles. The number of hydrogen-bond donors (Lipinski definition) is 0. The van der Waals surface area contributed by atoms with Crippen molar-refractivity contribution in [3.63, 3.8) is 0 Å². The molecule has 10 heavy (non-hydrogen) atoms. The van der Waals surface area contributed by atoms with Crippen LogP contribution in [0, 0.1) is 0 Å². The monoisotopic (exact) mass is 141 g/mol. The van der Waals surface area contributed by atoms with Gasteiger partial charge in [0.1, 0.15) is 6.34 Å². The maximum atomic E-state index is 3.84. The van der Waals surface area contributed by atoms with E-state index in [-0.39, 0.29) is 5.54 Å². The fourth-order valence-electron chi connectivity index (χ4n) is 0.531. The van der Waals surface area contributed by atoms with Crippen molar-refractivity contribution in [1.82, 2.24) is 5.01 Å². The van der Waals surface area contributed by atoms with Crippen molar-refractivity contribution in [3.05, 3.63) is 0 Å². The zero-order valence-corrected chi connectivity index (χ0v) is 7.13. The summed E-state index contributed by atoms with van der Waals surface area (Å²) in [6.07, 6.45) is 1.66. The summed E-state index contributed by atoms with van der Waals surface area (Å²) < 4.78 is 0. The number of rotatable bonds is 2.